The van der Waals surface area contributed by atoms with Crippen LogP contribution >= 0.6 is 0 Å². The average Bonchev–Trinajstić information content (AvgIpc) is 2.81. The summed E-state index contributed by atoms with van der Waals surface area (Å²) in [6.07, 6.45) is 4.00. The van der Waals surface area contributed by atoms with Crippen molar-refractivity contribution < 1.29 is 0 Å². The number of likely N-dealkylation sites (tertiary alicyclic amines) is 1. The number of anilines is 1. The van der Waals surface area contributed by atoms with E-state index in [-0.39, 0.29) is 0 Å². The second kappa shape index (κ2) is 4.10. The Bertz CT molecular complexity index is 369. The van der Waals surface area contributed by atoms with Gasteiger partial charge in [-0.2, -0.15) is 0 Å². The Labute approximate surface area is 97.6 Å². The van der Waals surface area contributed by atoms with Gasteiger partial charge in [0.25, 0.3) is 0 Å². The van der Waals surface area contributed by atoms with Crippen molar-refractivity contribution in [1.29, 1.82) is 0 Å². The van der Waals surface area contributed by atoms with E-state index in [1.54, 1.807) is 0 Å². The monoisotopic (exact) mass is 216 g/mol. The van der Waals surface area contributed by atoms with Gasteiger partial charge < -0.3 is 5.32 Å². The second-order valence-electron chi connectivity index (χ2n) is 5.13. The largest absolute Gasteiger partial charge is 0.382 e. The third-order valence-electron chi connectivity index (χ3n) is 3.88. The van der Waals surface area contributed by atoms with Gasteiger partial charge in [0.1, 0.15) is 0 Å². The number of benzene rings is 1. The molecular formula is C14H20N2. The van der Waals surface area contributed by atoms with E-state index in [1.165, 1.54) is 43.6 Å². The second-order valence-corrected chi connectivity index (χ2v) is 5.13. The summed E-state index contributed by atoms with van der Waals surface area (Å²) < 4.78 is 0. The summed E-state index contributed by atoms with van der Waals surface area (Å²) in [6.45, 7) is 4.86. The van der Waals surface area contributed by atoms with Crippen molar-refractivity contribution in [2.75, 3.05) is 18.4 Å². The number of fused-ring (bicyclic) bond motifs is 1. The van der Waals surface area contributed by atoms with Crippen molar-refractivity contribution in [2.45, 2.75) is 38.3 Å². The van der Waals surface area contributed by atoms with Crippen LogP contribution in [0, 0.1) is 0 Å². The maximum Gasteiger partial charge on any atom is 0.0390 e. The fourth-order valence-electron chi connectivity index (χ4n) is 3.10. The van der Waals surface area contributed by atoms with Crippen molar-refractivity contribution in [2.24, 2.45) is 0 Å². The van der Waals surface area contributed by atoms with Crippen LogP contribution in [0.15, 0.2) is 24.3 Å². The van der Waals surface area contributed by atoms with Gasteiger partial charge in [-0.1, -0.05) is 18.2 Å². The highest BCUT2D eigenvalue weighted by molar-refractivity contribution is 5.55. The van der Waals surface area contributed by atoms with Crippen molar-refractivity contribution >= 4 is 5.69 Å². The Balaban J connectivity index is 1.93. The van der Waals surface area contributed by atoms with Crippen LogP contribution in [0.5, 0.6) is 0 Å². The fraction of sp³-hybridized carbons (Fsp3) is 0.571. The van der Waals surface area contributed by atoms with Crippen LogP contribution in [0.4, 0.5) is 5.69 Å². The van der Waals surface area contributed by atoms with Crippen LogP contribution in [0.2, 0.25) is 0 Å². The molecule has 16 heavy (non-hydrogen) atoms. The van der Waals surface area contributed by atoms with E-state index in [0.717, 1.165) is 0 Å². The molecule has 2 heteroatoms. The van der Waals surface area contributed by atoms with Gasteiger partial charge in [-0.05, 0) is 50.9 Å². The van der Waals surface area contributed by atoms with Gasteiger partial charge in [0.2, 0.25) is 0 Å². The summed E-state index contributed by atoms with van der Waals surface area (Å²) >= 11 is 0. The first-order valence-corrected chi connectivity index (χ1v) is 6.44. The topological polar surface area (TPSA) is 15.3 Å². The smallest absolute Gasteiger partial charge is 0.0390 e. The Morgan fingerprint density at radius 2 is 1.94 bits per heavy atom. The molecule has 0 aliphatic carbocycles. The SMILES string of the molecule is CC1CC(N2CCCC2)c2ccccc2N1. The Hall–Kier alpha value is -1.02. The molecule has 1 aromatic rings. The van der Waals surface area contributed by atoms with E-state index < -0.39 is 0 Å². The van der Waals surface area contributed by atoms with Gasteiger partial charge in [0.15, 0.2) is 0 Å². The highest BCUT2D eigenvalue weighted by atomic mass is 15.2. The zero-order valence-electron chi connectivity index (χ0n) is 9.95. The maximum absolute atomic E-state index is 3.59. The molecule has 2 aliphatic heterocycles. The van der Waals surface area contributed by atoms with E-state index in [1.807, 2.05) is 0 Å². The summed E-state index contributed by atoms with van der Waals surface area (Å²) in [6, 6.07) is 10.0. The number of nitrogens with zero attached hydrogens (tertiary/aromatic N) is 1. The Morgan fingerprint density at radius 1 is 1.19 bits per heavy atom. The first-order chi connectivity index (χ1) is 7.84. The molecule has 1 fully saturated rings. The van der Waals surface area contributed by atoms with Gasteiger partial charge >= 0.3 is 0 Å². The normalized spacial score (nSPS) is 29.8. The van der Waals surface area contributed by atoms with Crippen molar-refractivity contribution in [3.8, 4) is 0 Å². The molecule has 86 valence electrons. The summed E-state index contributed by atoms with van der Waals surface area (Å²) in [4.78, 5) is 2.66. The zero-order chi connectivity index (χ0) is 11.0. The van der Waals surface area contributed by atoms with E-state index in [9.17, 15) is 0 Å². The predicted molar refractivity (Wildman–Crippen MR) is 67.7 cm³/mol. The minimum Gasteiger partial charge on any atom is -0.382 e. The highest BCUT2D eigenvalue weighted by Crippen LogP contribution is 2.37. The molecule has 0 spiro atoms. The number of nitrogens with one attached hydrogen (secondary N) is 1. The van der Waals surface area contributed by atoms with Crippen molar-refractivity contribution in [3.05, 3.63) is 29.8 Å². The predicted octanol–water partition coefficient (Wildman–Crippen LogP) is 3.03. The summed E-state index contributed by atoms with van der Waals surface area (Å²) in [7, 11) is 0. The van der Waals surface area contributed by atoms with E-state index in [4.69, 9.17) is 0 Å². The zero-order valence-corrected chi connectivity index (χ0v) is 9.95. The maximum atomic E-state index is 3.59. The van der Waals surface area contributed by atoms with Crippen LogP contribution in [-0.2, 0) is 0 Å². The lowest BCUT2D eigenvalue weighted by molar-refractivity contribution is 0.223. The molecule has 3 rings (SSSR count). The standard InChI is InChI=1S/C14H20N2/c1-11-10-14(16-8-4-5-9-16)12-6-2-3-7-13(12)15-11/h2-3,6-7,11,14-15H,4-5,8-10H2,1H3. The molecule has 2 unspecified atom stereocenters. The first kappa shape index (κ1) is 10.2. The molecule has 2 heterocycles. The van der Waals surface area contributed by atoms with Crippen LogP contribution in [-0.4, -0.2) is 24.0 Å². The van der Waals surface area contributed by atoms with E-state index in [0.29, 0.717) is 12.1 Å². The molecule has 0 amide bonds. The number of hydrogen-bond acceptors (Lipinski definition) is 2. The number of rotatable bonds is 1. The lowest BCUT2D eigenvalue weighted by Gasteiger charge is -2.36. The molecule has 0 aromatic heterocycles. The summed E-state index contributed by atoms with van der Waals surface area (Å²) in [5.41, 5.74) is 2.85. The van der Waals surface area contributed by atoms with Crippen molar-refractivity contribution in [3.63, 3.8) is 0 Å². The average molecular weight is 216 g/mol. The van der Waals surface area contributed by atoms with E-state index >= 15 is 0 Å². The van der Waals surface area contributed by atoms with Gasteiger partial charge in [-0.25, -0.2) is 0 Å². The van der Waals surface area contributed by atoms with Gasteiger partial charge in [0, 0.05) is 17.8 Å². The molecule has 2 atom stereocenters. The molecule has 1 saturated heterocycles. The van der Waals surface area contributed by atoms with Crippen molar-refractivity contribution in [1.82, 2.24) is 4.90 Å². The number of hydrogen-bond donors (Lipinski definition) is 1. The summed E-state index contributed by atoms with van der Waals surface area (Å²) in [5, 5.41) is 3.59. The molecule has 0 radical (unpaired) electrons. The summed E-state index contributed by atoms with van der Waals surface area (Å²) in [5.74, 6) is 0. The lowest BCUT2D eigenvalue weighted by Crippen LogP contribution is -2.34. The molecule has 1 N–H and O–H groups in total. The van der Waals surface area contributed by atoms with Gasteiger partial charge in [0.05, 0.1) is 0 Å². The molecule has 1 aromatic carbocycles. The Kier molecular flexibility index (Phi) is 2.60. The molecule has 0 bridgehead atoms. The quantitative estimate of drug-likeness (QED) is 0.776. The third-order valence-corrected chi connectivity index (χ3v) is 3.88. The highest BCUT2D eigenvalue weighted by Gasteiger charge is 2.29. The van der Waals surface area contributed by atoms with Crippen LogP contribution < -0.4 is 5.32 Å². The van der Waals surface area contributed by atoms with Crippen LogP contribution in [0.25, 0.3) is 0 Å². The van der Waals surface area contributed by atoms with Crippen LogP contribution in [0.3, 0.4) is 0 Å². The minimum absolute atomic E-state index is 0.598. The van der Waals surface area contributed by atoms with Gasteiger partial charge in [-0.3, -0.25) is 4.90 Å². The van der Waals surface area contributed by atoms with Gasteiger partial charge in [-0.15, -0.1) is 0 Å². The van der Waals surface area contributed by atoms with E-state index in [2.05, 4.69) is 41.4 Å². The molecule has 2 nitrogen and oxygen atoms in total. The number of para-hydroxylation sites is 1. The Morgan fingerprint density at radius 3 is 2.75 bits per heavy atom. The van der Waals surface area contributed by atoms with Crippen LogP contribution in [0.1, 0.15) is 37.8 Å². The molecule has 2 aliphatic rings. The fourth-order valence-corrected chi connectivity index (χ4v) is 3.10. The lowest BCUT2D eigenvalue weighted by atomic mass is 9.92. The molecular weight excluding hydrogens is 196 g/mol. The first-order valence-electron chi connectivity index (χ1n) is 6.44. The third kappa shape index (κ3) is 1.71. The molecule has 0 saturated carbocycles. The minimum atomic E-state index is 0.598.